The molecule has 3 rings (SSSR count). The van der Waals surface area contributed by atoms with Crippen molar-refractivity contribution in [2.45, 2.75) is 0 Å². The predicted octanol–water partition coefficient (Wildman–Crippen LogP) is 5.73. The van der Waals surface area contributed by atoms with Gasteiger partial charge in [0.1, 0.15) is 17.2 Å². The Labute approximate surface area is 163 Å². The molecule has 0 saturated heterocycles. The lowest BCUT2D eigenvalue weighted by Gasteiger charge is -2.16. The Hall–Kier alpha value is -2.45. The van der Waals surface area contributed by atoms with Gasteiger partial charge in [-0.15, -0.1) is 0 Å². The van der Waals surface area contributed by atoms with Gasteiger partial charge in [-0.2, -0.15) is 0 Å². The Morgan fingerprint density at radius 3 is 0.926 bits per heavy atom. The van der Waals surface area contributed by atoms with Gasteiger partial charge >= 0.3 is 7.32 Å². The number of para-hydroxylation sites is 3. The first-order chi connectivity index (χ1) is 12.9. The normalized spacial score (nSPS) is 10.2. The van der Waals surface area contributed by atoms with Crippen molar-refractivity contribution in [3.63, 3.8) is 0 Å². The fraction of sp³-hybridized carbons (Fsp3) is 0.182. The molecule has 5 heteroatoms. The van der Waals surface area contributed by atoms with Gasteiger partial charge in [-0.05, 0) is 36.4 Å². The van der Waals surface area contributed by atoms with Crippen molar-refractivity contribution in [3.8, 4) is 17.2 Å². The molecule has 0 heterocycles. The van der Waals surface area contributed by atoms with Crippen molar-refractivity contribution in [1.29, 1.82) is 0 Å². The lowest BCUT2D eigenvalue weighted by atomic mass is 10.2. The molecule has 0 aliphatic carbocycles. The minimum atomic E-state index is -0.868. The predicted molar refractivity (Wildman–Crippen MR) is 118 cm³/mol. The molecule has 3 nitrogen and oxygen atoms in total. The van der Waals surface area contributed by atoms with Gasteiger partial charge in [0.15, 0.2) is 0 Å². The van der Waals surface area contributed by atoms with Crippen LogP contribution in [-0.4, -0.2) is 34.0 Å². The highest BCUT2D eigenvalue weighted by atomic mass is 31.2. The van der Waals surface area contributed by atoms with E-state index in [2.05, 4.69) is 26.7 Å². The molecule has 0 aliphatic rings. The van der Waals surface area contributed by atoms with Crippen molar-refractivity contribution in [1.82, 2.24) is 0 Å². The van der Waals surface area contributed by atoms with Crippen molar-refractivity contribution in [2.24, 2.45) is 0 Å². The smallest absolute Gasteiger partial charge is 0.490 e. The van der Waals surface area contributed by atoms with Gasteiger partial charge in [-0.3, -0.25) is 0 Å². The zero-order valence-corrected chi connectivity index (χ0v) is 17.3. The van der Waals surface area contributed by atoms with Gasteiger partial charge in [0.25, 0.3) is 0 Å². The Morgan fingerprint density at radius 1 is 0.481 bits per heavy atom. The second kappa shape index (κ2) is 10.6. The summed E-state index contributed by atoms with van der Waals surface area (Å²) in [6.45, 7) is 9.19. The van der Waals surface area contributed by atoms with E-state index in [0.717, 1.165) is 0 Å². The average Bonchev–Trinajstić information content (AvgIpc) is 2.63. The Bertz CT molecular complexity index is 657. The SMILES string of the molecule is C[P+](C)(C)C.c1ccc(OB(Oc2ccccc2)Oc2ccccc2)cc1. The van der Waals surface area contributed by atoms with E-state index in [9.17, 15) is 0 Å². The van der Waals surface area contributed by atoms with E-state index in [1.54, 1.807) is 0 Å². The largest absolute Gasteiger partial charge is 0.864 e. The topological polar surface area (TPSA) is 27.7 Å². The van der Waals surface area contributed by atoms with E-state index in [1.807, 2.05) is 91.0 Å². The van der Waals surface area contributed by atoms with Crippen LogP contribution in [-0.2, 0) is 0 Å². The molecule has 0 atom stereocenters. The number of hydrogen-bond donors (Lipinski definition) is 0. The van der Waals surface area contributed by atoms with E-state index < -0.39 is 7.32 Å². The zero-order chi connectivity index (χ0) is 19.5. The number of hydrogen-bond acceptors (Lipinski definition) is 3. The summed E-state index contributed by atoms with van der Waals surface area (Å²) in [5.41, 5.74) is 0. The van der Waals surface area contributed by atoms with E-state index in [4.69, 9.17) is 14.0 Å². The van der Waals surface area contributed by atoms with E-state index in [1.165, 1.54) is 0 Å². The summed E-state index contributed by atoms with van der Waals surface area (Å²) in [5.74, 6) is 2.04. The van der Waals surface area contributed by atoms with Crippen LogP contribution in [0.3, 0.4) is 0 Å². The Balaban J connectivity index is 0.000000465. The molecule has 3 aromatic carbocycles. The highest BCUT2D eigenvalue weighted by Gasteiger charge is 2.29. The van der Waals surface area contributed by atoms with Crippen molar-refractivity contribution < 1.29 is 14.0 Å². The molecule has 0 N–H and O–H groups in total. The van der Waals surface area contributed by atoms with Gasteiger partial charge in [-0.1, -0.05) is 54.6 Å². The van der Waals surface area contributed by atoms with Crippen LogP contribution in [0.5, 0.6) is 17.2 Å². The Morgan fingerprint density at radius 2 is 0.704 bits per heavy atom. The molecule has 0 radical (unpaired) electrons. The first kappa shape index (κ1) is 20.9. The molecule has 0 spiro atoms. The van der Waals surface area contributed by atoms with Gasteiger partial charge in [0.2, 0.25) is 0 Å². The first-order valence-corrected chi connectivity index (χ1v) is 12.4. The fourth-order valence-electron chi connectivity index (χ4n) is 1.90. The second-order valence-electron chi connectivity index (χ2n) is 7.26. The molecule has 27 heavy (non-hydrogen) atoms. The lowest BCUT2D eigenvalue weighted by Crippen LogP contribution is -2.36. The lowest BCUT2D eigenvalue weighted by molar-refractivity contribution is 0.307. The van der Waals surface area contributed by atoms with E-state index in [0.29, 0.717) is 17.2 Å². The third-order valence-corrected chi connectivity index (χ3v) is 2.93. The van der Waals surface area contributed by atoms with Crippen LogP contribution in [0.25, 0.3) is 0 Å². The van der Waals surface area contributed by atoms with Gasteiger partial charge < -0.3 is 14.0 Å². The van der Waals surface area contributed by atoms with Crippen LogP contribution in [0.1, 0.15) is 0 Å². The molecule has 3 aromatic rings. The standard InChI is InChI=1S/C18H15BO3.C4H12P/c1-4-10-16(11-5-1)20-19(21-17-12-6-2-7-13-17)22-18-14-8-3-9-15-18;1-5(2,3)4/h1-15H;1-4H3/q;+1. The summed E-state index contributed by atoms with van der Waals surface area (Å²) in [6, 6.07) is 28.3. The molecular weight excluding hydrogens is 354 g/mol. The number of rotatable bonds is 6. The summed E-state index contributed by atoms with van der Waals surface area (Å²) in [4.78, 5) is 0. The zero-order valence-electron chi connectivity index (χ0n) is 16.4. The fourth-order valence-corrected chi connectivity index (χ4v) is 1.90. The molecule has 0 unspecified atom stereocenters. The third-order valence-electron chi connectivity index (χ3n) is 2.93. The first-order valence-electron chi connectivity index (χ1n) is 8.84. The molecular formula is C22H27BO3P+. The molecule has 140 valence electrons. The quantitative estimate of drug-likeness (QED) is 0.403. The highest BCUT2D eigenvalue weighted by Crippen LogP contribution is 2.40. The molecule has 0 saturated carbocycles. The maximum absolute atomic E-state index is 5.78. The molecule has 0 aliphatic heterocycles. The maximum atomic E-state index is 5.78. The molecule has 0 aromatic heterocycles. The van der Waals surface area contributed by atoms with E-state index >= 15 is 0 Å². The average molecular weight is 381 g/mol. The monoisotopic (exact) mass is 381 g/mol. The highest BCUT2D eigenvalue weighted by molar-refractivity contribution is 7.73. The van der Waals surface area contributed by atoms with Crippen LogP contribution in [0.2, 0.25) is 0 Å². The van der Waals surface area contributed by atoms with Crippen LogP contribution in [0.15, 0.2) is 91.0 Å². The minimum Gasteiger partial charge on any atom is -0.490 e. The van der Waals surface area contributed by atoms with E-state index in [-0.39, 0.29) is 7.26 Å². The van der Waals surface area contributed by atoms with Gasteiger partial charge in [-0.25, -0.2) is 0 Å². The van der Waals surface area contributed by atoms with Gasteiger partial charge in [0, 0.05) is 33.9 Å². The minimum absolute atomic E-state index is 0.389. The summed E-state index contributed by atoms with van der Waals surface area (Å²) in [7, 11) is -1.26. The maximum Gasteiger partial charge on any atom is 0.864 e. The summed E-state index contributed by atoms with van der Waals surface area (Å²) in [5, 5.41) is 0. The van der Waals surface area contributed by atoms with Crippen LogP contribution >= 0.6 is 7.26 Å². The molecule has 0 fully saturated rings. The van der Waals surface area contributed by atoms with Crippen molar-refractivity contribution in [2.75, 3.05) is 26.7 Å². The molecule has 0 bridgehead atoms. The Kier molecular flexibility index (Phi) is 8.22. The van der Waals surface area contributed by atoms with Crippen LogP contribution < -0.4 is 14.0 Å². The third kappa shape index (κ3) is 9.72. The number of benzene rings is 3. The van der Waals surface area contributed by atoms with Crippen LogP contribution in [0.4, 0.5) is 0 Å². The summed E-state index contributed by atoms with van der Waals surface area (Å²) < 4.78 is 17.3. The van der Waals surface area contributed by atoms with Crippen LogP contribution in [0, 0.1) is 0 Å². The van der Waals surface area contributed by atoms with Crippen molar-refractivity contribution in [3.05, 3.63) is 91.0 Å². The second-order valence-corrected chi connectivity index (χ2v) is 12.6. The van der Waals surface area contributed by atoms with Crippen molar-refractivity contribution >= 4 is 14.6 Å². The summed E-state index contributed by atoms with van der Waals surface area (Å²) >= 11 is 0. The summed E-state index contributed by atoms with van der Waals surface area (Å²) in [6.07, 6.45) is 0. The van der Waals surface area contributed by atoms with Gasteiger partial charge in [0.05, 0.1) is 0 Å². The molecule has 0 amide bonds.